The predicted octanol–water partition coefficient (Wildman–Crippen LogP) is 4.38. The van der Waals surface area contributed by atoms with Crippen molar-refractivity contribution in [2.75, 3.05) is 6.54 Å². The van der Waals surface area contributed by atoms with Crippen LogP contribution in [0.4, 0.5) is 0 Å². The second-order valence-corrected chi connectivity index (χ2v) is 5.63. The lowest BCUT2D eigenvalue weighted by Gasteiger charge is -2.26. The van der Waals surface area contributed by atoms with E-state index in [0.29, 0.717) is 12.0 Å². The molecule has 2 aromatic rings. The van der Waals surface area contributed by atoms with Crippen LogP contribution in [0.5, 0.6) is 0 Å². The summed E-state index contributed by atoms with van der Waals surface area (Å²) in [7, 11) is 0. The number of fused-ring (bicyclic) bond motifs is 1. The summed E-state index contributed by atoms with van der Waals surface area (Å²) in [6.45, 7) is 7.72. The summed E-state index contributed by atoms with van der Waals surface area (Å²) in [5.74, 6) is 0.684. The fourth-order valence-electron chi connectivity index (χ4n) is 2.57. The normalized spacial score (nSPS) is 13.3. The van der Waals surface area contributed by atoms with Gasteiger partial charge in [-0.25, -0.2) is 0 Å². The largest absolute Gasteiger partial charge is 0.310 e. The van der Waals surface area contributed by atoms with Crippen LogP contribution < -0.4 is 5.32 Å². The fourth-order valence-corrected chi connectivity index (χ4v) is 3.36. The summed E-state index contributed by atoms with van der Waals surface area (Å²) >= 11 is 1.77. The Kier molecular flexibility index (Phi) is 4.72. The maximum Gasteiger partial charge on any atom is 0.0809 e. The lowest BCUT2D eigenvalue weighted by atomic mass is 9.89. The first kappa shape index (κ1) is 13.5. The Bertz CT molecular complexity index is 488. The first-order valence-corrected chi connectivity index (χ1v) is 7.74. The number of thiophene rings is 1. The highest BCUT2D eigenvalue weighted by Crippen LogP contribution is 2.29. The molecule has 1 N–H and O–H groups in total. The molecule has 0 fully saturated rings. The molecule has 1 unspecified atom stereocenters. The van der Waals surface area contributed by atoms with Crippen molar-refractivity contribution in [3.63, 3.8) is 0 Å². The Morgan fingerprint density at radius 3 is 2.72 bits per heavy atom. The minimum absolute atomic E-state index is 0.434. The Labute approximate surface area is 113 Å². The van der Waals surface area contributed by atoms with Crippen molar-refractivity contribution in [3.8, 4) is 0 Å². The van der Waals surface area contributed by atoms with E-state index < -0.39 is 0 Å². The van der Waals surface area contributed by atoms with Crippen molar-refractivity contribution < 1.29 is 0 Å². The van der Waals surface area contributed by atoms with Gasteiger partial charge in [0.25, 0.3) is 0 Å². The summed E-state index contributed by atoms with van der Waals surface area (Å²) in [5.41, 5.74) is 2.45. The van der Waals surface area contributed by atoms with Gasteiger partial charge in [-0.1, -0.05) is 33.6 Å². The van der Waals surface area contributed by atoms with Crippen molar-refractivity contribution in [3.05, 3.63) is 29.3 Å². The van der Waals surface area contributed by atoms with E-state index in [1.54, 1.807) is 11.3 Å². The van der Waals surface area contributed by atoms with E-state index in [2.05, 4.69) is 48.6 Å². The molecule has 0 spiro atoms. The number of nitrogens with one attached hydrogen (secondary N) is 1. The Balaban J connectivity index is 2.33. The molecule has 2 rings (SSSR count). The van der Waals surface area contributed by atoms with Gasteiger partial charge < -0.3 is 5.32 Å². The summed E-state index contributed by atoms with van der Waals surface area (Å²) in [6.07, 6.45) is 4.45. The van der Waals surface area contributed by atoms with Gasteiger partial charge in [-0.05, 0) is 35.5 Å². The Morgan fingerprint density at radius 2 is 2.06 bits per heavy atom. The van der Waals surface area contributed by atoms with Gasteiger partial charge >= 0.3 is 0 Å². The average Bonchev–Trinajstić information content (AvgIpc) is 2.86. The van der Waals surface area contributed by atoms with Crippen LogP contribution in [0.25, 0.3) is 10.2 Å². The predicted molar refractivity (Wildman–Crippen MR) is 80.1 cm³/mol. The molecule has 2 heterocycles. The molecule has 2 aromatic heterocycles. The zero-order chi connectivity index (χ0) is 13.0. The van der Waals surface area contributed by atoms with Crippen LogP contribution in [0.15, 0.2) is 23.7 Å². The molecule has 0 saturated heterocycles. The minimum atomic E-state index is 0.434. The van der Waals surface area contributed by atoms with Gasteiger partial charge in [-0.2, -0.15) is 0 Å². The van der Waals surface area contributed by atoms with Crippen LogP contribution in [-0.4, -0.2) is 11.5 Å². The van der Waals surface area contributed by atoms with E-state index >= 15 is 0 Å². The molecule has 0 bridgehead atoms. The minimum Gasteiger partial charge on any atom is -0.310 e. The van der Waals surface area contributed by atoms with Gasteiger partial charge in [-0.15, -0.1) is 11.3 Å². The van der Waals surface area contributed by atoms with Crippen LogP contribution in [0, 0.1) is 5.92 Å². The highest BCUT2D eigenvalue weighted by atomic mass is 32.1. The second-order valence-electron chi connectivity index (χ2n) is 4.68. The lowest BCUT2D eigenvalue weighted by Crippen LogP contribution is -2.27. The van der Waals surface area contributed by atoms with Crippen molar-refractivity contribution in [1.82, 2.24) is 10.3 Å². The lowest BCUT2D eigenvalue weighted by molar-refractivity contribution is 0.346. The average molecular weight is 262 g/mol. The van der Waals surface area contributed by atoms with E-state index in [-0.39, 0.29) is 0 Å². The summed E-state index contributed by atoms with van der Waals surface area (Å²) < 4.78 is 1.29. The quantitative estimate of drug-likeness (QED) is 0.835. The summed E-state index contributed by atoms with van der Waals surface area (Å²) in [5, 5.41) is 5.73. The SMILES string of the molecule is CCNC(c1cnc2ccsc2c1)C(CC)CC. The van der Waals surface area contributed by atoms with Crippen molar-refractivity contribution in [2.45, 2.75) is 39.7 Å². The van der Waals surface area contributed by atoms with Gasteiger partial charge in [0.1, 0.15) is 0 Å². The van der Waals surface area contributed by atoms with Gasteiger partial charge in [-0.3, -0.25) is 4.98 Å². The van der Waals surface area contributed by atoms with Crippen molar-refractivity contribution in [1.29, 1.82) is 0 Å². The second kappa shape index (κ2) is 6.30. The third kappa shape index (κ3) is 2.73. The van der Waals surface area contributed by atoms with Gasteiger partial charge in [0.05, 0.1) is 10.2 Å². The molecule has 0 amide bonds. The molecule has 2 nitrogen and oxygen atoms in total. The highest BCUT2D eigenvalue weighted by molar-refractivity contribution is 7.17. The van der Waals surface area contributed by atoms with E-state index in [0.717, 1.165) is 12.1 Å². The topological polar surface area (TPSA) is 24.9 Å². The van der Waals surface area contributed by atoms with Crippen LogP contribution in [0.3, 0.4) is 0 Å². The van der Waals surface area contributed by atoms with Crippen LogP contribution in [0.2, 0.25) is 0 Å². The molecule has 1 atom stereocenters. The Morgan fingerprint density at radius 1 is 1.28 bits per heavy atom. The molecular formula is C15H22N2S. The first-order chi connectivity index (χ1) is 8.80. The monoisotopic (exact) mass is 262 g/mol. The molecule has 0 aliphatic rings. The van der Waals surface area contributed by atoms with E-state index in [1.165, 1.54) is 23.1 Å². The van der Waals surface area contributed by atoms with Crippen LogP contribution in [-0.2, 0) is 0 Å². The van der Waals surface area contributed by atoms with Crippen molar-refractivity contribution >= 4 is 21.6 Å². The smallest absolute Gasteiger partial charge is 0.0809 e. The number of pyridine rings is 1. The first-order valence-electron chi connectivity index (χ1n) is 6.86. The molecule has 98 valence electrons. The molecule has 0 aromatic carbocycles. The molecule has 3 heteroatoms. The number of rotatable bonds is 6. The van der Waals surface area contributed by atoms with Gasteiger partial charge in [0.15, 0.2) is 0 Å². The number of hydrogen-bond donors (Lipinski definition) is 1. The molecule has 18 heavy (non-hydrogen) atoms. The van der Waals surface area contributed by atoms with E-state index in [4.69, 9.17) is 0 Å². The van der Waals surface area contributed by atoms with Gasteiger partial charge in [0.2, 0.25) is 0 Å². The van der Waals surface area contributed by atoms with Crippen molar-refractivity contribution in [2.24, 2.45) is 5.92 Å². The van der Waals surface area contributed by atoms with Crippen LogP contribution in [0.1, 0.15) is 45.2 Å². The molecular weight excluding hydrogens is 240 g/mol. The number of aromatic nitrogens is 1. The number of nitrogens with zero attached hydrogens (tertiary/aromatic N) is 1. The summed E-state index contributed by atoms with van der Waals surface area (Å²) in [4.78, 5) is 4.57. The van der Waals surface area contributed by atoms with Crippen LogP contribution >= 0.6 is 11.3 Å². The zero-order valence-corrected chi connectivity index (χ0v) is 12.3. The van der Waals surface area contributed by atoms with E-state index in [1.807, 2.05) is 6.20 Å². The number of hydrogen-bond acceptors (Lipinski definition) is 3. The maximum absolute atomic E-state index is 4.57. The third-order valence-corrected chi connectivity index (χ3v) is 4.48. The van der Waals surface area contributed by atoms with E-state index in [9.17, 15) is 0 Å². The highest BCUT2D eigenvalue weighted by Gasteiger charge is 2.20. The Hall–Kier alpha value is -0.930. The fraction of sp³-hybridized carbons (Fsp3) is 0.533. The zero-order valence-electron chi connectivity index (χ0n) is 11.4. The molecule has 0 aliphatic heterocycles. The maximum atomic E-state index is 4.57. The van der Waals surface area contributed by atoms with Gasteiger partial charge in [0, 0.05) is 12.2 Å². The molecule has 0 aliphatic carbocycles. The third-order valence-electron chi connectivity index (χ3n) is 3.63. The molecule has 0 radical (unpaired) electrons. The summed E-state index contributed by atoms with van der Waals surface area (Å²) in [6, 6.07) is 4.82. The standard InChI is InChI=1S/C15H22N2S/c1-4-11(5-2)15(16-6-3)12-9-14-13(17-10-12)7-8-18-14/h7-11,15-16H,4-6H2,1-3H3. The molecule has 0 saturated carbocycles.